The lowest BCUT2D eigenvalue weighted by Gasteiger charge is -2.26. The zero-order valence-corrected chi connectivity index (χ0v) is 11.0. The van der Waals surface area contributed by atoms with Gasteiger partial charge in [-0.1, -0.05) is 12.8 Å². The van der Waals surface area contributed by atoms with E-state index in [1.807, 2.05) is 20.8 Å². The Morgan fingerprint density at radius 3 is 2.65 bits per heavy atom. The molecule has 1 heterocycles. The first-order valence-electron chi connectivity index (χ1n) is 6.48. The van der Waals surface area contributed by atoms with Crippen LogP contribution >= 0.6 is 0 Å². The van der Waals surface area contributed by atoms with Gasteiger partial charge in [-0.2, -0.15) is 0 Å². The van der Waals surface area contributed by atoms with Crippen molar-refractivity contribution in [1.82, 2.24) is 4.90 Å². The van der Waals surface area contributed by atoms with Gasteiger partial charge in [-0.25, -0.2) is 4.79 Å². The molecule has 0 aromatic carbocycles. The number of hydrogen-bond acceptors (Lipinski definition) is 3. The van der Waals surface area contributed by atoms with Gasteiger partial charge in [-0.3, -0.25) is 0 Å². The van der Waals surface area contributed by atoms with Crippen molar-refractivity contribution in [2.75, 3.05) is 13.1 Å². The molecule has 0 radical (unpaired) electrons. The van der Waals surface area contributed by atoms with E-state index in [9.17, 15) is 9.90 Å². The molecule has 1 atom stereocenters. The summed E-state index contributed by atoms with van der Waals surface area (Å²) in [5.41, 5.74) is -1.13. The van der Waals surface area contributed by atoms with E-state index in [1.54, 1.807) is 4.90 Å². The van der Waals surface area contributed by atoms with Crippen molar-refractivity contribution in [3.05, 3.63) is 0 Å². The highest BCUT2D eigenvalue weighted by Crippen LogP contribution is 2.40. The number of aliphatic hydroxyl groups is 1. The number of carbonyl (C=O) groups excluding carboxylic acids is 1. The predicted octanol–water partition coefficient (Wildman–Crippen LogP) is 2.16. The van der Waals surface area contributed by atoms with Crippen LogP contribution in [-0.4, -0.2) is 40.4 Å². The monoisotopic (exact) mass is 241 g/mol. The highest BCUT2D eigenvalue weighted by molar-refractivity contribution is 5.68. The molecule has 1 aliphatic heterocycles. The summed E-state index contributed by atoms with van der Waals surface area (Å²) in [7, 11) is 0. The molecule has 17 heavy (non-hydrogen) atoms. The molecule has 0 spiro atoms. The fraction of sp³-hybridized carbons (Fsp3) is 0.923. The number of likely N-dealkylation sites (tertiary alicyclic amines) is 1. The van der Waals surface area contributed by atoms with E-state index in [0.717, 1.165) is 6.42 Å². The molecule has 4 nitrogen and oxygen atoms in total. The molecule has 2 aliphatic rings. The molecule has 1 saturated carbocycles. The number of nitrogens with zero attached hydrogens (tertiary/aromatic N) is 1. The minimum absolute atomic E-state index is 0.302. The van der Waals surface area contributed by atoms with E-state index in [0.29, 0.717) is 25.4 Å². The number of carbonyl (C=O) groups is 1. The van der Waals surface area contributed by atoms with Crippen molar-refractivity contribution in [2.24, 2.45) is 5.92 Å². The van der Waals surface area contributed by atoms with Crippen molar-refractivity contribution in [2.45, 2.75) is 57.7 Å². The maximum Gasteiger partial charge on any atom is 0.410 e. The minimum Gasteiger partial charge on any atom is -0.444 e. The summed E-state index contributed by atoms with van der Waals surface area (Å²) >= 11 is 0. The fourth-order valence-electron chi connectivity index (χ4n) is 2.36. The fourth-order valence-corrected chi connectivity index (χ4v) is 2.36. The van der Waals surface area contributed by atoms with E-state index in [1.165, 1.54) is 12.8 Å². The molecule has 98 valence electrons. The van der Waals surface area contributed by atoms with E-state index in [-0.39, 0.29) is 6.09 Å². The standard InChI is InChI=1S/C13H23NO3/c1-12(2,3)17-11(15)14-7-6-13(16,9-14)8-10-4-5-10/h10,16H,4-9H2,1-3H3. The Hall–Kier alpha value is -0.770. The first-order chi connectivity index (χ1) is 7.77. The Morgan fingerprint density at radius 2 is 2.12 bits per heavy atom. The van der Waals surface area contributed by atoms with Gasteiger partial charge in [0.25, 0.3) is 0 Å². The number of β-amino-alcohol motifs (C(OH)–C–C–N with tert-alkyl or cyclic N) is 1. The van der Waals surface area contributed by atoms with Crippen LogP contribution in [0.15, 0.2) is 0 Å². The summed E-state index contributed by atoms with van der Waals surface area (Å²) < 4.78 is 5.31. The summed E-state index contributed by atoms with van der Waals surface area (Å²) in [5, 5.41) is 10.4. The Morgan fingerprint density at radius 1 is 1.47 bits per heavy atom. The molecule has 2 rings (SSSR count). The van der Waals surface area contributed by atoms with Gasteiger partial charge in [0.15, 0.2) is 0 Å². The Bertz CT molecular complexity index is 306. The third-order valence-electron chi connectivity index (χ3n) is 3.35. The first kappa shape index (κ1) is 12.7. The van der Waals surface area contributed by atoms with Crippen molar-refractivity contribution in [3.8, 4) is 0 Å². The van der Waals surface area contributed by atoms with E-state index < -0.39 is 11.2 Å². The number of rotatable bonds is 2. The van der Waals surface area contributed by atoms with Gasteiger partial charge >= 0.3 is 6.09 Å². The molecule has 0 bridgehead atoms. The normalized spacial score (nSPS) is 29.5. The molecule has 2 fully saturated rings. The van der Waals surface area contributed by atoms with Crippen molar-refractivity contribution in [1.29, 1.82) is 0 Å². The molecule has 1 saturated heterocycles. The van der Waals surface area contributed by atoms with Crippen LogP contribution in [0, 0.1) is 5.92 Å². The van der Waals surface area contributed by atoms with Crippen LogP contribution in [0.1, 0.15) is 46.5 Å². The van der Waals surface area contributed by atoms with Gasteiger partial charge in [0.1, 0.15) is 5.60 Å². The second-order valence-corrected chi connectivity index (χ2v) is 6.52. The van der Waals surface area contributed by atoms with Gasteiger partial charge in [-0.05, 0) is 39.5 Å². The van der Waals surface area contributed by atoms with Gasteiger partial charge in [0.05, 0.1) is 12.1 Å². The van der Waals surface area contributed by atoms with Crippen LogP contribution < -0.4 is 0 Å². The molecule has 1 aliphatic carbocycles. The molecule has 1 N–H and O–H groups in total. The van der Waals surface area contributed by atoms with E-state index in [2.05, 4.69) is 0 Å². The predicted molar refractivity (Wildman–Crippen MR) is 64.7 cm³/mol. The average Bonchev–Trinajstić information content (AvgIpc) is 2.84. The first-order valence-corrected chi connectivity index (χ1v) is 6.48. The van der Waals surface area contributed by atoms with Gasteiger partial charge in [0, 0.05) is 6.54 Å². The Balaban J connectivity index is 1.85. The average molecular weight is 241 g/mol. The van der Waals surface area contributed by atoms with Crippen molar-refractivity contribution in [3.63, 3.8) is 0 Å². The Labute approximate surface area is 103 Å². The lowest BCUT2D eigenvalue weighted by atomic mass is 9.96. The van der Waals surface area contributed by atoms with Gasteiger partial charge in [-0.15, -0.1) is 0 Å². The van der Waals surface area contributed by atoms with Crippen LogP contribution in [0.5, 0.6) is 0 Å². The van der Waals surface area contributed by atoms with Crippen LogP contribution in [0.2, 0.25) is 0 Å². The zero-order valence-electron chi connectivity index (χ0n) is 11.0. The summed E-state index contributed by atoms with van der Waals surface area (Å²) in [6.07, 6.45) is 3.68. The molecule has 4 heteroatoms. The number of amides is 1. The second-order valence-electron chi connectivity index (χ2n) is 6.52. The quantitative estimate of drug-likeness (QED) is 0.806. The summed E-state index contributed by atoms with van der Waals surface area (Å²) in [4.78, 5) is 13.5. The summed E-state index contributed by atoms with van der Waals surface area (Å²) in [6, 6.07) is 0. The number of hydrogen-bond donors (Lipinski definition) is 1. The van der Waals surface area contributed by atoms with Gasteiger partial charge in [0.2, 0.25) is 0 Å². The minimum atomic E-state index is -0.669. The third kappa shape index (κ3) is 3.60. The van der Waals surface area contributed by atoms with Crippen LogP contribution in [0.25, 0.3) is 0 Å². The van der Waals surface area contributed by atoms with Crippen LogP contribution in [0.4, 0.5) is 4.79 Å². The molecule has 1 amide bonds. The Kier molecular flexibility index (Phi) is 3.10. The van der Waals surface area contributed by atoms with Gasteiger partial charge < -0.3 is 14.7 Å². The van der Waals surface area contributed by atoms with Crippen LogP contribution in [0.3, 0.4) is 0 Å². The summed E-state index contributed by atoms with van der Waals surface area (Å²) in [6.45, 7) is 6.61. The lowest BCUT2D eigenvalue weighted by molar-refractivity contribution is 0.0107. The second kappa shape index (κ2) is 4.16. The zero-order chi connectivity index (χ0) is 12.7. The SMILES string of the molecule is CC(C)(C)OC(=O)N1CCC(O)(CC2CC2)C1. The van der Waals surface area contributed by atoms with Crippen molar-refractivity contribution < 1.29 is 14.6 Å². The highest BCUT2D eigenvalue weighted by atomic mass is 16.6. The largest absolute Gasteiger partial charge is 0.444 e. The maximum absolute atomic E-state index is 11.8. The third-order valence-corrected chi connectivity index (χ3v) is 3.35. The molecule has 0 aromatic heterocycles. The smallest absolute Gasteiger partial charge is 0.410 e. The van der Waals surface area contributed by atoms with E-state index in [4.69, 9.17) is 4.74 Å². The maximum atomic E-state index is 11.8. The van der Waals surface area contributed by atoms with Crippen LogP contribution in [-0.2, 0) is 4.74 Å². The number of ether oxygens (including phenoxy) is 1. The highest BCUT2D eigenvalue weighted by Gasteiger charge is 2.42. The van der Waals surface area contributed by atoms with Crippen molar-refractivity contribution >= 4 is 6.09 Å². The molecular formula is C13H23NO3. The molecular weight excluding hydrogens is 218 g/mol. The van der Waals surface area contributed by atoms with E-state index >= 15 is 0 Å². The topological polar surface area (TPSA) is 49.8 Å². The molecule has 1 unspecified atom stereocenters. The summed E-state index contributed by atoms with van der Waals surface area (Å²) in [5.74, 6) is 0.679. The molecule has 0 aromatic rings. The lowest BCUT2D eigenvalue weighted by Crippen LogP contribution is -2.39.